The Morgan fingerprint density at radius 3 is 0.910 bits per heavy atom. The maximum Gasteiger partial charge on any atom is 0.472 e. The molecule has 0 aromatic rings. The van der Waals surface area contributed by atoms with Crippen molar-refractivity contribution < 1.29 is 80.2 Å². The molecule has 0 aliphatic carbocycles. The van der Waals surface area contributed by atoms with E-state index in [1.807, 2.05) is 24.3 Å². The van der Waals surface area contributed by atoms with Gasteiger partial charge in [-0.25, -0.2) is 9.13 Å². The second-order valence-electron chi connectivity index (χ2n) is 24.8. The van der Waals surface area contributed by atoms with Crippen LogP contribution in [-0.2, 0) is 65.4 Å². The fourth-order valence-electron chi connectivity index (χ4n) is 9.65. The third-order valence-corrected chi connectivity index (χ3v) is 17.2. The molecule has 0 aliphatic heterocycles. The Morgan fingerprint density at radius 1 is 0.300 bits per heavy atom. The van der Waals surface area contributed by atoms with E-state index < -0.39 is 97.5 Å². The van der Waals surface area contributed by atoms with Crippen LogP contribution < -0.4 is 0 Å². The topological polar surface area (TPSA) is 237 Å². The van der Waals surface area contributed by atoms with E-state index in [-0.39, 0.29) is 25.7 Å². The summed E-state index contributed by atoms with van der Waals surface area (Å²) >= 11 is 0. The second-order valence-corrected chi connectivity index (χ2v) is 27.7. The molecule has 0 radical (unpaired) electrons. The van der Waals surface area contributed by atoms with Crippen molar-refractivity contribution in [3.05, 3.63) is 146 Å². The molecule has 0 aliphatic rings. The number of esters is 4. The lowest BCUT2D eigenvalue weighted by Crippen LogP contribution is -2.30. The van der Waals surface area contributed by atoms with Crippen LogP contribution in [-0.4, -0.2) is 96.7 Å². The Hall–Kier alpha value is -5.06. The van der Waals surface area contributed by atoms with Crippen molar-refractivity contribution in [3.63, 3.8) is 0 Å². The molecule has 0 spiro atoms. The summed E-state index contributed by atoms with van der Waals surface area (Å²) in [5, 5.41) is 10.6. The van der Waals surface area contributed by atoms with Crippen molar-refractivity contribution in [1.82, 2.24) is 0 Å². The first-order valence-electron chi connectivity index (χ1n) is 38.1. The quantitative estimate of drug-likeness (QED) is 0.0169. The van der Waals surface area contributed by atoms with Gasteiger partial charge in [0.25, 0.3) is 0 Å². The number of hydrogen-bond donors (Lipinski definition) is 3. The molecule has 0 fully saturated rings. The summed E-state index contributed by atoms with van der Waals surface area (Å²) in [7, 11) is -10.00. The maximum atomic E-state index is 13.1. The Labute approximate surface area is 605 Å². The number of phosphoric acid groups is 2. The highest BCUT2D eigenvalue weighted by Gasteiger charge is 2.30. The molecule has 0 aromatic carbocycles. The van der Waals surface area contributed by atoms with Crippen LogP contribution in [0.4, 0.5) is 0 Å². The summed E-state index contributed by atoms with van der Waals surface area (Å²) in [6, 6.07) is 0. The zero-order valence-electron chi connectivity index (χ0n) is 62.1. The lowest BCUT2D eigenvalue weighted by molar-refractivity contribution is -0.161. The van der Waals surface area contributed by atoms with Crippen LogP contribution in [0.3, 0.4) is 0 Å². The molecule has 570 valence electrons. The second kappa shape index (κ2) is 72.3. The van der Waals surface area contributed by atoms with Crippen molar-refractivity contribution in [2.24, 2.45) is 0 Å². The van der Waals surface area contributed by atoms with Gasteiger partial charge in [0, 0.05) is 19.3 Å². The number of allylic oxidation sites excluding steroid dienone is 23. The predicted molar refractivity (Wildman–Crippen MR) is 408 cm³/mol. The number of carbonyl (C=O) groups excluding carboxylic acids is 4. The lowest BCUT2D eigenvalue weighted by Gasteiger charge is -2.21. The molecule has 5 unspecified atom stereocenters. The van der Waals surface area contributed by atoms with E-state index in [4.69, 9.17) is 37.0 Å². The molecule has 0 saturated heterocycles. The highest BCUT2D eigenvalue weighted by molar-refractivity contribution is 7.47. The molecule has 0 rings (SSSR count). The SMILES string of the molecule is CC/C=C\C/C=C\C/C=C\C/C=C\C/C=C\CC(=O)OCC(COP(=O)(O)OCC(O)COP(=O)(O)OCC(COC(=O)CCCCCCC/C=C\C/C=C\C/C=C\CC)OC(=O)CCCCCCCCCCCCCCCCC)OC(=O)CCCC/C=C\C/C=C\C/C=C\C/C=C\CC. The van der Waals surface area contributed by atoms with Crippen molar-refractivity contribution >= 4 is 39.5 Å². The van der Waals surface area contributed by atoms with Crippen molar-refractivity contribution in [2.75, 3.05) is 39.6 Å². The van der Waals surface area contributed by atoms with Crippen LogP contribution in [0, 0.1) is 0 Å². The number of unbranched alkanes of at least 4 members (excludes halogenated alkanes) is 21. The van der Waals surface area contributed by atoms with Gasteiger partial charge < -0.3 is 33.8 Å². The zero-order valence-corrected chi connectivity index (χ0v) is 63.9. The summed E-state index contributed by atoms with van der Waals surface area (Å²) in [5.41, 5.74) is 0. The smallest absolute Gasteiger partial charge is 0.462 e. The maximum absolute atomic E-state index is 13.1. The summed E-state index contributed by atoms with van der Waals surface area (Å²) in [6.07, 6.45) is 81.6. The van der Waals surface area contributed by atoms with Gasteiger partial charge in [-0.3, -0.25) is 37.3 Å². The minimum absolute atomic E-state index is 0.0189. The average Bonchev–Trinajstić information content (AvgIpc) is 1.01. The highest BCUT2D eigenvalue weighted by Crippen LogP contribution is 2.45. The third kappa shape index (κ3) is 71.3. The summed E-state index contributed by atoms with van der Waals surface area (Å²) in [5.74, 6) is -2.39. The van der Waals surface area contributed by atoms with Crippen molar-refractivity contribution in [2.45, 2.75) is 303 Å². The molecule has 17 nitrogen and oxygen atoms in total. The molecule has 0 saturated carbocycles. The summed E-state index contributed by atoms with van der Waals surface area (Å²) in [4.78, 5) is 72.8. The van der Waals surface area contributed by atoms with Gasteiger partial charge in [0.15, 0.2) is 12.2 Å². The number of ether oxygens (including phenoxy) is 4. The monoisotopic (exact) mass is 1440 g/mol. The molecule has 3 N–H and O–H groups in total. The molecule has 19 heteroatoms. The van der Waals surface area contributed by atoms with Gasteiger partial charge in [-0.2, -0.15) is 0 Å². The van der Waals surface area contributed by atoms with E-state index in [1.54, 1.807) is 6.08 Å². The van der Waals surface area contributed by atoms with Gasteiger partial charge in [-0.15, -0.1) is 0 Å². The number of carbonyl (C=O) groups is 4. The zero-order chi connectivity index (χ0) is 73.2. The fourth-order valence-corrected chi connectivity index (χ4v) is 11.2. The molecule has 100 heavy (non-hydrogen) atoms. The van der Waals surface area contributed by atoms with Gasteiger partial charge in [0.2, 0.25) is 0 Å². The minimum Gasteiger partial charge on any atom is -0.462 e. The van der Waals surface area contributed by atoms with E-state index in [1.165, 1.54) is 64.2 Å². The first kappa shape index (κ1) is 94.9. The van der Waals surface area contributed by atoms with E-state index >= 15 is 0 Å². The van der Waals surface area contributed by atoms with Gasteiger partial charge in [-0.1, -0.05) is 283 Å². The molecule has 0 aromatic heterocycles. The van der Waals surface area contributed by atoms with Crippen LogP contribution in [0.2, 0.25) is 0 Å². The van der Waals surface area contributed by atoms with Crippen molar-refractivity contribution in [1.29, 1.82) is 0 Å². The van der Waals surface area contributed by atoms with Gasteiger partial charge in [0.05, 0.1) is 32.8 Å². The van der Waals surface area contributed by atoms with Crippen LogP contribution in [0.1, 0.15) is 285 Å². The molecule has 5 atom stereocenters. The Bertz CT molecular complexity index is 2470. The van der Waals surface area contributed by atoms with Crippen molar-refractivity contribution in [3.8, 4) is 0 Å². The first-order chi connectivity index (χ1) is 48.7. The Morgan fingerprint density at radius 2 is 0.560 bits per heavy atom. The summed E-state index contributed by atoms with van der Waals surface area (Å²) in [6.45, 7) is 4.35. The number of phosphoric ester groups is 2. The number of rotatable bonds is 70. The first-order valence-corrected chi connectivity index (χ1v) is 41.1. The lowest BCUT2D eigenvalue weighted by atomic mass is 10.0. The predicted octanol–water partition coefficient (Wildman–Crippen LogP) is 21.9. The number of aliphatic hydroxyl groups excluding tert-OH is 1. The third-order valence-electron chi connectivity index (χ3n) is 15.3. The van der Waals surface area contributed by atoms with Crippen LogP contribution in [0.15, 0.2) is 146 Å². The molecular formula is C81H134O17P2. The molecule has 0 heterocycles. The standard InChI is InChI=1S/C81H134O17P2/c1-5-9-13-17-21-25-29-33-37-41-45-49-53-57-61-65-78(83)91-71-76(97-80(85)67-63-59-55-51-47-43-39-35-31-27-23-19-15-11-7-3)73-95-99(87,88)93-69-75(82)70-94-100(89,90)96-74-77(98-81(86)68-64-60-56-52-48-44-40-36-32-28-24-20-16-12-8-4)72-92-79(84)66-62-58-54-50-46-42-38-34-30-26-22-18-14-10-6-2/h9-11,13-15,21-23,25-27,33-35,37-39,45,47,49,51,57,61,75-77,82H,5-8,12,16-20,24,28-32,36,40-44,46,48,50,52-56,58-60,62-74H2,1-4H3,(H,87,88)(H,89,90)/b13-9-,14-10-,15-11-,25-21-,26-22-,27-23-,37-33-,38-34-,39-35-,49-45-,51-47-,61-57-. The van der Waals surface area contributed by atoms with E-state index in [0.717, 1.165) is 135 Å². The van der Waals surface area contributed by atoms with Crippen LogP contribution in [0.5, 0.6) is 0 Å². The number of hydrogen-bond acceptors (Lipinski definition) is 15. The molecule has 0 amide bonds. The Kier molecular flexibility index (Phi) is 68.6. The van der Waals surface area contributed by atoms with E-state index in [0.29, 0.717) is 32.1 Å². The highest BCUT2D eigenvalue weighted by atomic mass is 31.2. The van der Waals surface area contributed by atoms with Crippen LogP contribution >= 0.6 is 15.6 Å². The van der Waals surface area contributed by atoms with E-state index in [2.05, 4.69) is 143 Å². The van der Waals surface area contributed by atoms with Gasteiger partial charge in [0.1, 0.15) is 19.3 Å². The minimum atomic E-state index is -5.01. The number of aliphatic hydroxyl groups is 1. The Balaban J connectivity index is 5.47. The normalized spacial score (nSPS) is 14.8. The average molecular weight is 1440 g/mol. The molecular weight excluding hydrogens is 1310 g/mol. The van der Waals surface area contributed by atoms with Crippen LogP contribution in [0.25, 0.3) is 0 Å². The van der Waals surface area contributed by atoms with E-state index in [9.17, 15) is 43.2 Å². The molecule has 0 bridgehead atoms. The van der Waals surface area contributed by atoms with Gasteiger partial charge >= 0.3 is 39.5 Å². The summed E-state index contributed by atoms with van der Waals surface area (Å²) < 4.78 is 68.3. The van der Waals surface area contributed by atoms with Gasteiger partial charge in [-0.05, 0) is 122 Å². The largest absolute Gasteiger partial charge is 0.472 e. The fraction of sp³-hybridized carbons (Fsp3) is 0.654.